The van der Waals surface area contributed by atoms with Crippen molar-refractivity contribution in [2.75, 3.05) is 11.1 Å². The Morgan fingerprint density at radius 1 is 1.47 bits per heavy atom. The highest BCUT2D eigenvalue weighted by atomic mass is 127. The molecule has 4 N–H and O–H groups in total. The SMILES string of the molecule is Nc1ccc(NCc2cnc[nH]2)c(I)c1. The van der Waals surface area contributed by atoms with Gasteiger partial charge in [0.2, 0.25) is 0 Å². The van der Waals surface area contributed by atoms with Gasteiger partial charge in [0, 0.05) is 21.1 Å². The van der Waals surface area contributed by atoms with Crippen LogP contribution in [0, 0.1) is 3.57 Å². The van der Waals surface area contributed by atoms with Gasteiger partial charge in [0.15, 0.2) is 0 Å². The van der Waals surface area contributed by atoms with E-state index in [4.69, 9.17) is 5.73 Å². The van der Waals surface area contributed by atoms with E-state index in [1.54, 1.807) is 12.5 Å². The fourth-order valence-corrected chi connectivity index (χ4v) is 1.98. The Bertz CT molecular complexity index is 439. The number of nitrogens with one attached hydrogen (secondary N) is 2. The van der Waals surface area contributed by atoms with E-state index in [1.807, 2.05) is 18.2 Å². The molecule has 0 aliphatic rings. The Kier molecular flexibility index (Phi) is 3.10. The molecule has 0 radical (unpaired) electrons. The molecule has 2 rings (SSSR count). The number of benzene rings is 1. The second kappa shape index (κ2) is 4.52. The average molecular weight is 314 g/mol. The number of aromatic nitrogens is 2. The summed E-state index contributed by atoms with van der Waals surface area (Å²) in [5, 5.41) is 3.31. The monoisotopic (exact) mass is 314 g/mol. The summed E-state index contributed by atoms with van der Waals surface area (Å²) >= 11 is 2.26. The lowest BCUT2D eigenvalue weighted by atomic mass is 10.3. The van der Waals surface area contributed by atoms with Crippen LogP contribution in [-0.4, -0.2) is 9.97 Å². The van der Waals surface area contributed by atoms with Crippen LogP contribution in [0.4, 0.5) is 11.4 Å². The zero-order valence-corrected chi connectivity index (χ0v) is 10.2. The Labute approximate surface area is 101 Å². The number of H-pyrrole nitrogens is 1. The molecule has 0 aliphatic carbocycles. The smallest absolute Gasteiger partial charge is 0.0922 e. The maximum Gasteiger partial charge on any atom is 0.0922 e. The van der Waals surface area contributed by atoms with Crippen molar-refractivity contribution < 1.29 is 0 Å². The van der Waals surface area contributed by atoms with Crippen LogP contribution >= 0.6 is 22.6 Å². The van der Waals surface area contributed by atoms with E-state index in [0.717, 1.165) is 27.2 Å². The van der Waals surface area contributed by atoms with Crippen LogP contribution in [-0.2, 0) is 6.54 Å². The second-order valence-corrected chi connectivity index (χ2v) is 4.33. The molecule has 5 heteroatoms. The minimum absolute atomic E-state index is 0.736. The summed E-state index contributed by atoms with van der Waals surface area (Å²) in [6.45, 7) is 0.736. The van der Waals surface area contributed by atoms with Crippen molar-refractivity contribution in [3.8, 4) is 0 Å². The summed E-state index contributed by atoms with van der Waals surface area (Å²) in [5.74, 6) is 0. The summed E-state index contributed by atoms with van der Waals surface area (Å²) in [5.41, 5.74) is 8.59. The van der Waals surface area contributed by atoms with Crippen molar-refractivity contribution in [3.63, 3.8) is 0 Å². The minimum Gasteiger partial charge on any atom is -0.399 e. The van der Waals surface area contributed by atoms with Crippen molar-refractivity contribution in [3.05, 3.63) is 40.0 Å². The maximum absolute atomic E-state index is 5.67. The number of hydrogen-bond donors (Lipinski definition) is 3. The number of nitrogen functional groups attached to an aromatic ring is 1. The van der Waals surface area contributed by atoms with Gasteiger partial charge in [-0.25, -0.2) is 4.98 Å². The quantitative estimate of drug-likeness (QED) is 0.601. The molecule has 0 saturated heterocycles. The number of aromatic amines is 1. The first-order chi connectivity index (χ1) is 7.25. The van der Waals surface area contributed by atoms with Gasteiger partial charge in [0.05, 0.1) is 18.6 Å². The third kappa shape index (κ3) is 2.62. The number of halogens is 1. The molecule has 0 spiro atoms. The molecular formula is C10H11IN4. The van der Waals surface area contributed by atoms with E-state index in [-0.39, 0.29) is 0 Å². The molecule has 2 aromatic rings. The van der Waals surface area contributed by atoms with Gasteiger partial charge in [-0.3, -0.25) is 0 Å². The molecular weight excluding hydrogens is 303 g/mol. The number of rotatable bonds is 3. The van der Waals surface area contributed by atoms with Gasteiger partial charge < -0.3 is 16.0 Å². The van der Waals surface area contributed by atoms with Gasteiger partial charge in [0.1, 0.15) is 0 Å². The fourth-order valence-electron chi connectivity index (χ4n) is 1.25. The van der Waals surface area contributed by atoms with Gasteiger partial charge in [-0.05, 0) is 40.8 Å². The molecule has 0 amide bonds. The van der Waals surface area contributed by atoms with Crippen LogP contribution < -0.4 is 11.1 Å². The van der Waals surface area contributed by atoms with Crippen LogP contribution in [0.25, 0.3) is 0 Å². The average Bonchev–Trinajstić information content (AvgIpc) is 2.69. The Hall–Kier alpha value is -1.24. The summed E-state index contributed by atoms with van der Waals surface area (Å²) in [4.78, 5) is 6.99. The van der Waals surface area contributed by atoms with E-state index in [1.165, 1.54) is 0 Å². The lowest BCUT2D eigenvalue weighted by Crippen LogP contribution is -2.01. The number of nitrogens with two attached hydrogens (primary N) is 1. The van der Waals surface area contributed by atoms with Crippen LogP contribution in [0.5, 0.6) is 0 Å². The Balaban J connectivity index is 2.05. The summed E-state index contributed by atoms with van der Waals surface area (Å²) in [6, 6.07) is 5.81. The highest BCUT2D eigenvalue weighted by Crippen LogP contribution is 2.20. The number of anilines is 2. The third-order valence-corrected chi connectivity index (χ3v) is 2.91. The van der Waals surface area contributed by atoms with Crippen molar-refractivity contribution in [2.45, 2.75) is 6.54 Å². The van der Waals surface area contributed by atoms with E-state index >= 15 is 0 Å². The molecule has 1 aromatic carbocycles. The zero-order valence-electron chi connectivity index (χ0n) is 8.00. The van der Waals surface area contributed by atoms with Gasteiger partial charge in [-0.2, -0.15) is 0 Å². The normalized spacial score (nSPS) is 10.2. The van der Waals surface area contributed by atoms with Crippen molar-refractivity contribution in [1.82, 2.24) is 9.97 Å². The van der Waals surface area contributed by atoms with Crippen molar-refractivity contribution >= 4 is 34.0 Å². The van der Waals surface area contributed by atoms with Crippen molar-refractivity contribution in [2.24, 2.45) is 0 Å². The first-order valence-corrected chi connectivity index (χ1v) is 5.60. The molecule has 0 fully saturated rings. The third-order valence-electron chi connectivity index (χ3n) is 2.02. The van der Waals surface area contributed by atoms with Crippen molar-refractivity contribution in [1.29, 1.82) is 0 Å². The summed E-state index contributed by atoms with van der Waals surface area (Å²) in [6.07, 6.45) is 3.47. The molecule has 0 atom stereocenters. The fraction of sp³-hybridized carbons (Fsp3) is 0.100. The first-order valence-electron chi connectivity index (χ1n) is 4.52. The highest BCUT2D eigenvalue weighted by molar-refractivity contribution is 14.1. The molecule has 0 unspecified atom stereocenters. The molecule has 4 nitrogen and oxygen atoms in total. The van der Waals surface area contributed by atoms with Gasteiger partial charge in [0.25, 0.3) is 0 Å². The van der Waals surface area contributed by atoms with E-state index in [2.05, 4.69) is 37.9 Å². The molecule has 1 heterocycles. The van der Waals surface area contributed by atoms with Crippen LogP contribution in [0.3, 0.4) is 0 Å². The van der Waals surface area contributed by atoms with E-state index in [0.29, 0.717) is 0 Å². The second-order valence-electron chi connectivity index (χ2n) is 3.17. The minimum atomic E-state index is 0.736. The van der Waals surface area contributed by atoms with E-state index in [9.17, 15) is 0 Å². The zero-order chi connectivity index (χ0) is 10.7. The molecule has 1 aromatic heterocycles. The summed E-state index contributed by atoms with van der Waals surface area (Å²) in [7, 11) is 0. The standard InChI is InChI=1S/C10H11IN4/c11-9-3-7(12)1-2-10(9)14-5-8-4-13-6-15-8/h1-4,6,14H,5,12H2,(H,13,15). The molecule has 0 saturated carbocycles. The maximum atomic E-state index is 5.67. The largest absolute Gasteiger partial charge is 0.399 e. The molecule has 0 aliphatic heterocycles. The predicted octanol–water partition coefficient (Wildman–Crippen LogP) is 2.21. The number of imidazole rings is 1. The number of nitrogens with zero attached hydrogens (tertiary/aromatic N) is 1. The van der Waals surface area contributed by atoms with Gasteiger partial charge >= 0.3 is 0 Å². The molecule has 78 valence electrons. The summed E-state index contributed by atoms with van der Waals surface area (Å²) < 4.78 is 1.12. The van der Waals surface area contributed by atoms with Crippen LogP contribution in [0.1, 0.15) is 5.69 Å². The van der Waals surface area contributed by atoms with Crippen LogP contribution in [0.2, 0.25) is 0 Å². The first kappa shape index (κ1) is 10.3. The van der Waals surface area contributed by atoms with Crippen LogP contribution in [0.15, 0.2) is 30.7 Å². The molecule has 0 bridgehead atoms. The highest BCUT2D eigenvalue weighted by Gasteiger charge is 2.00. The number of hydrogen-bond acceptors (Lipinski definition) is 3. The van der Waals surface area contributed by atoms with E-state index < -0.39 is 0 Å². The topological polar surface area (TPSA) is 66.7 Å². The Morgan fingerprint density at radius 3 is 3.00 bits per heavy atom. The van der Waals surface area contributed by atoms with Gasteiger partial charge in [-0.15, -0.1) is 0 Å². The predicted molar refractivity (Wildman–Crippen MR) is 69.5 cm³/mol. The van der Waals surface area contributed by atoms with Gasteiger partial charge in [-0.1, -0.05) is 0 Å². The lowest BCUT2D eigenvalue weighted by Gasteiger charge is -2.07. The Morgan fingerprint density at radius 2 is 2.33 bits per heavy atom. The lowest BCUT2D eigenvalue weighted by molar-refractivity contribution is 1.07. The molecule has 15 heavy (non-hydrogen) atoms.